The lowest BCUT2D eigenvalue weighted by Gasteiger charge is -1.90. The zero-order chi connectivity index (χ0) is 16.1. The molecule has 0 amide bonds. The van der Waals surface area contributed by atoms with Crippen LogP contribution in [0.4, 0.5) is 18.4 Å². The largest absolute Gasteiger partial charge is 0.478 e. The monoisotopic (exact) mass is 320 g/mol. The summed E-state index contributed by atoms with van der Waals surface area (Å²) in [4.78, 5) is 23.6. The second kappa shape index (κ2) is 13.1. The second-order valence-electron chi connectivity index (χ2n) is 3.40. The van der Waals surface area contributed by atoms with Crippen molar-refractivity contribution in [3.05, 3.63) is 71.8 Å². The van der Waals surface area contributed by atoms with E-state index in [2.05, 4.69) is 4.94 Å². The number of halogens is 4. The number of hydrogen-bond donors (Lipinski definition) is 1. The van der Waals surface area contributed by atoms with Crippen LogP contribution in [0.1, 0.15) is 20.7 Å². The van der Waals surface area contributed by atoms with Crippen LogP contribution in [0.5, 0.6) is 0 Å². The molecule has 0 bridgehead atoms. The maximum atomic E-state index is 11.2. The van der Waals surface area contributed by atoms with Gasteiger partial charge in [0.25, 0.3) is 0 Å². The first-order valence-corrected chi connectivity index (χ1v) is 5.45. The molecule has 2 aromatic carbocycles. The highest BCUT2D eigenvalue weighted by Crippen LogP contribution is 2.00. The summed E-state index contributed by atoms with van der Waals surface area (Å²) in [6.07, 6.45) is 0. The average molecular weight is 320 g/mol. The quantitative estimate of drug-likeness (QED) is 0.846. The van der Waals surface area contributed by atoms with E-state index in [0.717, 1.165) is 0 Å². The molecule has 2 aromatic rings. The van der Waals surface area contributed by atoms with Gasteiger partial charge in [-0.1, -0.05) is 36.4 Å². The van der Waals surface area contributed by atoms with Gasteiger partial charge < -0.3 is 5.11 Å². The van der Waals surface area contributed by atoms with Crippen LogP contribution in [-0.4, -0.2) is 17.0 Å². The van der Waals surface area contributed by atoms with Gasteiger partial charge in [-0.25, -0.2) is 14.5 Å². The van der Waals surface area contributed by atoms with Crippen LogP contribution in [-0.2, 0) is 4.94 Å². The normalized spacial score (nSPS) is 7.95. The first-order valence-electron chi connectivity index (χ1n) is 5.45. The van der Waals surface area contributed by atoms with E-state index in [9.17, 15) is 14.1 Å². The molecule has 0 radical (unpaired) electrons. The molecule has 2 rings (SSSR count). The summed E-state index contributed by atoms with van der Waals surface area (Å²) in [5.74, 6) is -1.84. The van der Waals surface area contributed by atoms with Gasteiger partial charge in [-0.15, -0.1) is 0 Å². The summed E-state index contributed by atoms with van der Waals surface area (Å²) in [6.45, 7) is 0. The van der Waals surface area contributed by atoms with Crippen molar-refractivity contribution < 1.29 is 38.0 Å². The lowest BCUT2D eigenvalue weighted by Crippen LogP contribution is -1.96. The molecule has 1 N–H and O–H groups in total. The van der Waals surface area contributed by atoms with Gasteiger partial charge in [0.1, 0.15) is 0 Å². The van der Waals surface area contributed by atoms with E-state index in [-0.39, 0.29) is 10.3 Å². The van der Waals surface area contributed by atoms with Crippen molar-refractivity contribution in [3.8, 4) is 0 Å². The molecule has 0 aliphatic rings. The van der Waals surface area contributed by atoms with Crippen LogP contribution in [0.25, 0.3) is 0 Å². The smallest absolute Gasteiger partial charge is 0.379 e. The summed E-state index contributed by atoms with van der Waals surface area (Å²) in [5.41, 5.74) is 0.544. The lowest BCUT2D eigenvalue weighted by atomic mass is 10.2. The minimum atomic E-state index is -0.958. The van der Waals surface area contributed by atoms with Crippen molar-refractivity contribution >= 4 is 11.9 Å². The van der Waals surface area contributed by atoms with Crippen LogP contribution in [0.3, 0.4) is 0 Å². The number of benzene rings is 2. The predicted molar refractivity (Wildman–Crippen MR) is 71.1 cm³/mol. The predicted octanol–water partition coefficient (Wildman–Crippen LogP) is 4.11. The zero-order valence-electron chi connectivity index (χ0n) is 11.0. The van der Waals surface area contributed by atoms with Crippen molar-refractivity contribution in [3.63, 3.8) is 0 Å². The molecule has 22 heavy (non-hydrogen) atoms. The van der Waals surface area contributed by atoms with Gasteiger partial charge in [0.2, 0.25) is 0 Å². The fourth-order valence-corrected chi connectivity index (χ4v) is 1.20. The standard InChI is InChI=1S/C7H5FO2.C7H6O2.F2.FH/c8-10-7(9)6-4-2-1-3-5-6;8-7(9)6-4-2-1-3-5-6;1-2;/h1-5H;1-5H,(H,8,9);;1H. The first kappa shape index (κ1) is 21.4. The fourth-order valence-electron chi connectivity index (χ4n) is 1.20. The molecule has 120 valence electrons. The van der Waals surface area contributed by atoms with Gasteiger partial charge in [0.15, 0.2) is 0 Å². The number of carboxylic acids is 1. The second-order valence-corrected chi connectivity index (χ2v) is 3.40. The molecule has 0 spiro atoms. The Balaban J connectivity index is 0. The lowest BCUT2D eigenvalue weighted by molar-refractivity contribution is -0.0788. The van der Waals surface area contributed by atoms with E-state index in [1.807, 2.05) is 0 Å². The van der Waals surface area contributed by atoms with E-state index in [1.165, 1.54) is 12.1 Å². The summed E-state index contributed by atoms with van der Waals surface area (Å²) < 4.78 is 27.2. The van der Waals surface area contributed by atoms with Gasteiger partial charge in [0, 0.05) is 13.7 Å². The number of carboxylic acid groups (broad SMARTS) is 1. The van der Waals surface area contributed by atoms with Crippen molar-refractivity contribution in [2.75, 3.05) is 0 Å². The third-order valence-corrected chi connectivity index (χ3v) is 2.10. The third kappa shape index (κ3) is 8.31. The molecule has 0 heterocycles. The van der Waals surface area contributed by atoms with Crippen LogP contribution >= 0.6 is 0 Å². The molecule has 0 aromatic heterocycles. The Morgan fingerprint density at radius 1 is 0.818 bits per heavy atom. The van der Waals surface area contributed by atoms with Gasteiger partial charge in [-0.05, 0) is 24.3 Å². The Morgan fingerprint density at radius 3 is 1.45 bits per heavy atom. The Kier molecular flexibility index (Phi) is 12.7. The SMILES string of the molecule is F.FF.O=C(O)c1ccccc1.O=C(OF)c1ccccc1. The number of rotatable bonds is 2. The van der Waals surface area contributed by atoms with Gasteiger partial charge in [-0.3, -0.25) is 4.70 Å². The zero-order valence-corrected chi connectivity index (χ0v) is 11.0. The number of hydrogen-bond acceptors (Lipinski definition) is 3. The van der Waals surface area contributed by atoms with Crippen molar-refractivity contribution in [2.24, 2.45) is 0 Å². The number of aromatic carboxylic acids is 1. The average Bonchev–Trinajstić information content (AvgIpc) is 2.58. The highest BCUT2D eigenvalue weighted by Gasteiger charge is 2.04. The van der Waals surface area contributed by atoms with E-state index in [1.54, 1.807) is 48.5 Å². The maximum Gasteiger partial charge on any atom is 0.379 e. The van der Waals surface area contributed by atoms with Gasteiger partial charge >= 0.3 is 11.9 Å². The molecule has 0 saturated heterocycles. The molecule has 0 aliphatic carbocycles. The Labute approximate surface area is 122 Å². The Hall–Kier alpha value is -2.90. The Morgan fingerprint density at radius 2 is 1.18 bits per heavy atom. The third-order valence-electron chi connectivity index (χ3n) is 2.10. The van der Waals surface area contributed by atoms with E-state index < -0.39 is 11.9 Å². The van der Waals surface area contributed by atoms with Crippen molar-refractivity contribution in [1.29, 1.82) is 0 Å². The highest BCUT2D eigenvalue weighted by atomic mass is 20.0. The molecule has 0 aliphatic heterocycles. The fraction of sp³-hybridized carbons (Fsp3) is 0. The van der Waals surface area contributed by atoms with Crippen molar-refractivity contribution in [2.45, 2.75) is 0 Å². The first-order chi connectivity index (χ1) is 10.1. The molecular formula is C14H12F4O4. The molecule has 0 unspecified atom stereocenters. The maximum absolute atomic E-state index is 11.2. The minimum Gasteiger partial charge on any atom is -0.478 e. The number of carbonyl (C=O) groups is 2. The molecule has 0 saturated carbocycles. The van der Waals surface area contributed by atoms with E-state index in [0.29, 0.717) is 5.56 Å². The Bertz CT molecular complexity index is 535. The minimum absolute atomic E-state index is 0. The van der Waals surface area contributed by atoms with Gasteiger partial charge in [0.05, 0.1) is 11.1 Å². The summed E-state index contributed by atoms with van der Waals surface area (Å²) in [5, 5.41) is 8.38. The van der Waals surface area contributed by atoms with Crippen molar-refractivity contribution in [1.82, 2.24) is 0 Å². The van der Waals surface area contributed by atoms with E-state index in [4.69, 9.17) is 14.3 Å². The van der Waals surface area contributed by atoms with Crippen LogP contribution in [0, 0.1) is 0 Å². The highest BCUT2D eigenvalue weighted by molar-refractivity contribution is 5.88. The molecule has 0 atom stereocenters. The summed E-state index contributed by atoms with van der Waals surface area (Å²) in [6, 6.07) is 16.2. The van der Waals surface area contributed by atoms with Crippen LogP contribution in [0.15, 0.2) is 60.7 Å². The van der Waals surface area contributed by atoms with Crippen LogP contribution in [0.2, 0.25) is 0 Å². The van der Waals surface area contributed by atoms with E-state index >= 15 is 0 Å². The molecular weight excluding hydrogens is 308 g/mol. The summed E-state index contributed by atoms with van der Waals surface area (Å²) in [7, 11) is 0. The van der Waals surface area contributed by atoms with Crippen LogP contribution < -0.4 is 0 Å². The topological polar surface area (TPSA) is 63.6 Å². The molecule has 0 fully saturated rings. The number of carbonyl (C=O) groups excluding carboxylic acids is 1. The molecule has 4 nitrogen and oxygen atoms in total. The summed E-state index contributed by atoms with van der Waals surface area (Å²) >= 11 is 0. The van der Waals surface area contributed by atoms with Gasteiger partial charge in [-0.2, -0.15) is 0 Å². The molecule has 8 heteroatoms.